The van der Waals surface area contributed by atoms with Crippen LogP contribution in [0.1, 0.15) is 31.7 Å². The number of anilines is 1. The number of nitrogens with zero attached hydrogens (tertiary/aromatic N) is 2. The van der Waals surface area contributed by atoms with E-state index in [1.54, 1.807) is 18.2 Å². The van der Waals surface area contributed by atoms with Gasteiger partial charge in [0.25, 0.3) is 0 Å². The predicted octanol–water partition coefficient (Wildman–Crippen LogP) is 2.55. The van der Waals surface area contributed by atoms with Gasteiger partial charge in [0.1, 0.15) is 0 Å². The van der Waals surface area contributed by atoms with E-state index in [1.807, 2.05) is 12.1 Å². The zero-order valence-corrected chi connectivity index (χ0v) is 14.9. The number of ether oxygens (including phenoxy) is 1. The number of Topliss-reactive ketones (excluding diaryl/α,β-unsaturated/α-hetero) is 1. The minimum Gasteiger partial charge on any atom is -0.453 e. The number of amides is 2. The van der Waals surface area contributed by atoms with Crippen LogP contribution in [0.5, 0.6) is 0 Å². The summed E-state index contributed by atoms with van der Waals surface area (Å²) in [4.78, 5) is 36.6. The minimum absolute atomic E-state index is 0.384. The largest absolute Gasteiger partial charge is 0.453 e. The zero-order valence-electron chi connectivity index (χ0n) is 14.9. The Kier molecular flexibility index (Phi) is 7.60. The number of likely N-dealkylation sites (N-methyl/N-ethyl adjacent to an activating group) is 1. The third-order valence-electron chi connectivity index (χ3n) is 3.95. The topological polar surface area (TPSA) is 99.5 Å². The first-order chi connectivity index (χ1) is 11.8. The van der Waals surface area contributed by atoms with E-state index in [-0.39, 0.29) is 6.54 Å². The Morgan fingerprint density at radius 2 is 1.88 bits per heavy atom. The lowest BCUT2D eigenvalue weighted by molar-refractivity contribution is -0.129. The second kappa shape index (κ2) is 9.42. The number of methoxy groups -OCH3 is 1. The molecule has 0 saturated carbocycles. The first-order valence-electron chi connectivity index (χ1n) is 7.96. The molecule has 1 aromatic rings. The van der Waals surface area contributed by atoms with Crippen molar-refractivity contribution in [3.05, 3.63) is 29.8 Å². The molecule has 0 aliphatic heterocycles. The van der Waals surface area contributed by atoms with Gasteiger partial charge in [-0.3, -0.25) is 9.59 Å². The van der Waals surface area contributed by atoms with Crippen LogP contribution < -0.4 is 5.32 Å². The number of rotatable bonds is 7. The fourth-order valence-corrected chi connectivity index (χ4v) is 2.17. The Hall–Kier alpha value is -2.88. The normalized spacial score (nSPS) is 12.4. The Morgan fingerprint density at radius 3 is 2.36 bits per heavy atom. The highest BCUT2D eigenvalue weighted by Gasteiger charge is 2.28. The first-order valence-corrected chi connectivity index (χ1v) is 7.96. The molecular formula is C18H23N3O4. The number of carbonyl (C=O) groups excluding carboxylic acids is 3. The molecule has 0 fully saturated rings. The van der Waals surface area contributed by atoms with E-state index in [4.69, 9.17) is 5.26 Å². The highest BCUT2D eigenvalue weighted by Crippen LogP contribution is 2.20. The second-order valence-electron chi connectivity index (χ2n) is 5.78. The van der Waals surface area contributed by atoms with Crippen LogP contribution in [-0.2, 0) is 14.3 Å². The van der Waals surface area contributed by atoms with Gasteiger partial charge in [0.05, 0.1) is 19.7 Å². The molecule has 0 saturated heterocycles. The van der Waals surface area contributed by atoms with Crippen LogP contribution in [-0.4, -0.2) is 43.4 Å². The molecule has 0 heterocycles. The number of hydrogen-bond donors (Lipinski definition) is 1. The van der Waals surface area contributed by atoms with Crippen LogP contribution in [0.25, 0.3) is 0 Å². The molecule has 0 unspecified atom stereocenters. The minimum atomic E-state index is -1.50. The fraction of sp³-hybridized carbons (Fsp3) is 0.444. The van der Waals surface area contributed by atoms with Crippen LogP contribution in [0.4, 0.5) is 10.5 Å². The first kappa shape index (κ1) is 20.2. The number of hydrogen-bond acceptors (Lipinski definition) is 5. The van der Waals surface area contributed by atoms with Crippen molar-refractivity contribution in [2.24, 2.45) is 5.92 Å². The maximum atomic E-state index is 12.2. The summed E-state index contributed by atoms with van der Waals surface area (Å²) in [5, 5.41) is 11.7. The summed E-state index contributed by atoms with van der Waals surface area (Å²) in [7, 11) is 2.53. The lowest BCUT2D eigenvalue weighted by Crippen LogP contribution is -2.38. The Labute approximate surface area is 147 Å². The lowest BCUT2D eigenvalue weighted by atomic mass is 9.98. The number of carbonyl (C=O) groups is 3. The Balaban J connectivity index is 2.74. The van der Waals surface area contributed by atoms with Gasteiger partial charge in [0, 0.05) is 12.7 Å². The fourth-order valence-electron chi connectivity index (χ4n) is 2.17. The third-order valence-corrected chi connectivity index (χ3v) is 3.95. The number of nitriles is 1. The smallest absolute Gasteiger partial charge is 0.409 e. The van der Waals surface area contributed by atoms with E-state index >= 15 is 0 Å². The van der Waals surface area contributed by atoms with Crippen LogP contribution in [0.3, 0.4) is 0 Å². The van der Waals surface area contributed by atoms with Gasteiger partial charge in [-0.25, -0.2) is 4.79 Å². The van der Waals surface area contributed by atoms with Gasteiger partial charge in [0.2, 0.25) is 5.91 Å². The summed E-state index contributed by atoms with van der Waals surface area (Å²) < 4.78 is 4.47. The van der Waals surface area contributed by atoms with Crippen molar-refractivity contribution in [2.75, 3.05) is 26.0 Å². The number of nitrogens with one attached hydrogen (secondary N) is 1. The molecule has 1 aromatic carbocycles. The van der Waals surface area contributed by atoms with E-state index in [0.717, 1.165) is 16.9 Å². The number of ketones is 1. The maximum absolute atomic E-state index is 12.2. The molecule has 0 aromatic heterocycles. The van der Waals surface area contributed by atoms with Crippen LogP contribution in [0.15, 0.2) is 24.3 Å². The van der Waals surface area contributed by atoms with Gasteiger partial charge in [-0.2, -0.15) is 5.26 Å². The van der Waals surface area contributed by atoms with Gasteiger partial charge in [-0.15, -0.1) is 0 Å². The average Bonchev–Trinajstić information content (AvgIpc) is 2.61. The molecule has 0 aliphatic carbocycles. The third kappa shape index (κ3) is 5.60. The van der Waals surface area contributed by atoms with E-state index in [2.05, 4.69) is 23.9 Å². The molecule has 0 spiro atoms. The van der Waals surface area contributed by atoms with Crippen molar-refractivity contribution in [1.29, 1.82) is 5.26 Å². The predicted molar refractivity (Wildman–Crippen MR) is 92.9 cm³/mol. The molecule has 134 valence electrons. The van der Waals surface area contributed by atoms with E-state index in [0.29, 0.717) is 11.6 Å². The summed E-state index contributed by atoms with van der Waals surface area (Å²) in [6.07, 6.45) is 0.288. The van der Waals surface area contributed by atoms with Gasteiger partial charge in [-0.05, 0) is 30.0 Å². The molecule has 0 bridgehead atoms. The summed E-state index contributed by atoms with van der Waals surface area (Å²) in [6.45, 7) is 3.82. The summed E-state index contributed by atoms with van der Waals surface area (Å²) in [6, 6.07) is 8.95. The molecule has 2 atom stereocenters. The van der Waals surface area contributed by atoms with Crippen molar-refractivity contribution in [1.82, 2.24) is 4.90 Å². The SMILES string of the molecule is CC[C@H](C)c1ccc(NC(=O)[C@H](C#N)C(=O)CN(C)C(=O)OC)cc1. The standard InChI is InChI=1S/C18H23N3O4/c1-5-12(2)13-6-8-14(9-7-13)20-17(23)15(10-19)16(22)11-21(3)18(24)25-4/h6-9,12,15H,5,11H2,1-4H3,(H,20,23)/t12-,15+/m0/s1. The Bertz CT molecular complexity index is 664. The van der Waals surface area contributed by atoms with Crippen molar-refractivity contribution in [3.63, 3.8) is 0 Å². The number of benzene rings is 1. The van der Waals surface area contributed by atoms with Crippen LogP contribution in [0, 0.1) is 17.2 Å². The van der Waals surface area contributed by atoms with Crippen molar-refractivity contribution in [2.45, 2.75) is 26.2 Å². The molecule has 0 radical (unpaired) electrons. The average molecular weight is 345 g/mol. The highest BCUT2D eigenvalue weighted by molar-refractivity contribution is 6.10. The molecule has 7 heteroatoms. The quantitative estimate of drug-likeness (QED) is 0.766. The van der Waals surface area contributed by atoms with E-state index in [1.165, 1.54) is 14.2 Å². The second-order valence-corrected chi connectivity index (χ2v) is 5.78. The molecule has 1 rings (SSSR count). The van der Waals surface area contributed by atoms with Crippen LogP contribution >= 0.6 is 0 Å². The van der Waals surface area contributed by atoms with Crippen molar-refractivity contribution < 1.29 is 19.1 Å². The summed E-state index contributed by atoms with van der Waals surface area (Å²) in [5.74, 6) is -2.49. The molecular weight excluding hydrogens is 322 g/mol. The van der Waals surface area contributed by atoms with Gasteiger partial charge >= 0.3 is 6.09 Å². The summed E-state index contributed by atoms with van der Waals surface area (Å²) in [5.41, 5.74) is 1.65. The van der Waals surface area contributed by atoms with E-state index in [9.17, 15) is 14.4 Å². The zero-order chi connectivity index (χ0) is 19.0. The molecule has 1 N–H and O–H groups in total. The summed E-state index contributed by atoms with van der Waals surface area (Å²) >= 11 is 0. The molecule has 7 nitrogen and oxygen atoms in total. The highest BCUT2D eigenvalue weighted by atomic mass is 16.5. The Morgan fingerprint density at radius 1 is 1.28 bits per heavy atom. The molecule has 25 heavy (non-hydrogen) atoms. The van der Waals surface area contributed by atoms with Crippen molar-refractivity contribution in [3.8, 4) is 6.07 Å². The monoisotopic (exact) mass is 345 g/mol. The van der Waals surface area contributed by atoms with Crippen LogP contribution in [0.2, 0.25) is 0 Å². The van der Waals surface area contributed by atoms with Gasteiger partial charge in [0.15, 0.2) is 11.7 Å². The lowest BCUT2D eigenvalue weighted by Gasteiger charge is -2.16. The van der Waals surface area contributed by atoms with Gasteiger partial charge < -0.3 is 15.0 Å². The van der Waals surface area contributed by atoms with Crippen molar-refractivity contribution >= 4 is 23.5 Å². The maximum Gasteiger partial charge on any atom is 0.409 e. The van der Waals surface area contributed by atoms with Gasteiger partial charge in [-0.1, -0.05) is 26.0 Å². The molecule has 2 amide bonds. The van der Waals surface area contributed by atoms with E-state index < -0.39 is 23.7 Å². The molecule has 0 aliphatic rings.